The number of benzene rings is 3. The smallest absolute Gasteiger partial charge is 0.259 e. The number of carbonyl (C=O) groups excluding carboxylic acids is 2. The first-order valence-corrected chi connectivity index (χ1v) is 11.1. The number of rotatable bonds is 6. The van der Waals surface area contributed by atoms with E-state index in [1.54, 1.807) is 49.1 Å². The summed E-state index contributed by atoms with van der Waals surface area (Å²) in [5.74, 6) is 1.05. The molecule has 0 unspecified atom stereocenters. The van der Waals surface area contributed by atoms with Gasteiger partial charge in [0, 0.05) is 40.1 Å². The number of ether oxygens (including phenoxy) is 2. The Kier molecular flexibility index (Phi) is 6.37. The predicted molar refractivity (Wildman–Crippen MR) is 125 cm³/mol. The van der Waals surface area contributed by atoms with Gasteiger partial charge in [-0.3, -0.25) is 9.59 Å². The molecule has 6 nitrogen and oxygen atoms in total. The van der Waals surface area contributed by atoms with Crippen LogP contribution in [-0.2, 0) is 6.54 Å². The van der Waals surface area contributed by atoms with E-state index in [2.05, 4.69) is 5.32 Å². The van der Waals surface area contributed by atoms with Gasteiger partial charge in [0.1, 0.15) is 11.5 Å². The lowest BCUT2D eigenvalue weighted by atomic mass is 10.1. The molecule has 7 heteroatoms. The predicted octanol–water partition coefficient (Wildman–Crippen LogP) is 4.77. The van der Waals surface area contributed by atoms with Gasteiger partial charge in [-0.25, -0.2) is 0 Å². The molecule has 1 aliphatic rings. The van der Waals surface area contributed by atoms with Crippen molar-refractivity contribution in [3.05, 3.63) is 77.4 Å². The first kappa shape index (κ1) is 21.8. The van der Waals surface area contributed by atoms with Gasteiger partial charge in [-0.1, -0.05) is 23.9 Å². The van der Waals surface area contributed by atoms with Crippen LogP contribution in [0.2, 0.25) is 0 Å². The Labute approximate surface area is 191 Å². The number of anilines is 1. The van der Waals surface area contributed by atoms with Crippen molar-refractivity contribution in [2.24, 2.45) is 0 Å². The molecule has 0 saturated carbocycles. The second-order valence-electron chi connectivity index (χ2n) is 7.19. The van der Waals surface area contributed by atoms with Crippen molar-refractivity contribution >= 4 is 29.3 Å². The molecule has 32 heavy (non-hydrogen) atoms. The topological polar surface area (TPSA) is 67.9 Å². The molecule has 0 saturated heterocycles. The SMILES string of the molecule is CCN1C(=O)c2ccccc2Sc2ccc(C(=O)NCc3ccc(OC)cc3OC)cc21. The molecule has 3 aromatic rings. The molecule has 0 aliphatic carbocycles. The average molecular weight is 449 g/mol. The van der Waals surface area contributed by atoms with Crippen LogP contribution in [0.5, 0.6) is 11.5 Å². The molecule has 2 amide bonds. The van der Waals surface area contributed by atoms with Gasteiger partial charge in [-0.2, -0.15) is 0 Å². The van der Waals surface area contributed by atoms with E-state index in [0.717, 1.165) is 21.0 Å². The van der Waals surface area contributed by atoms with Crippen LogP contribution in [0.3, 0.4) is 0 Å². The minimum atomic E-state index is -0.221. The van der Waals surface area contributed by atoms with Crippen LogP contribution in [-0.4, -0.2) is 32.6 Å². The summed E-state index contributed by atoms with van der Waals surface area (Å²) < 4.78 is 10.6. The van der Waals surface area contributed by atoms with Crippen LogP contribution >= 0.6 is 11.8 Å². The molecular formula is C25H24N2O4S. The van der Waals surface area contributed by atoms with Crippen LogP contribution < -0.4 is 19.7 Å². The van der Waals surface area contributed by atoms with Gasteiger partial charge in [-0.15, -0.1) is 0 Å². The summed E-state index contributed by atoms with van der Waals surface area (Å²) in [6.07, 6.45) is 0. The van der Waals surface area contributed by atoms with Gasteiger partial charge in [0.15, 0.2) is 0 Å². The fraction of sp³-hybridized carbons (Fsp3) is 0.200. The van der Waals surface area contributed by atoms with Crippen molar-refractivity contribution in [3.63, 3.8) is 0 Å². The first-order valence-electron chi connectivity index (χ1n) is 10.3. The number of hydrogen-bond acceptors (Lipinski definition) is 5. The van der Waals surface area contributed by atoms with Gasteiger partial charge in [0.25, 0.3) is 11.8 Å². The van der Waals surface area contributed by atoms with Crippen molar-refractivity contribution in [1.29, 1.82) is 0 Å². The van der Waals surface area contributed by atoms with Gasteiger partial charge in [-0.05, 0) is 49.4 Å². The fourth-order valence-electron chi connectivity index (χ4n) is 3.65. The highest BCUT2D eigenvalue weighted by atomic mass is 32.2. The molecule has 0 spiro atoms. The molecule has 164 valence electrons. The van der Waals surface area contributed by atoms with Gasteiger partial charge < -0.3 is 19.7 Å². The Bertz CT molecular complexity index is 1180. The van der Waals surface area contributed by atoms with Crippen molar-refractivity contribution in [2.75, 3.05) is 25.7 Å². The third kappa shape index (κ3) is 4.16. The normalized spacial score (nSPS) is 12.5. The summed E-state index contributed by atoms with van der Waals surface area (Å²) in [5, 5.41) is 2.94. The number of amides is 2. The number of fused-ring (bicyclic) bond motifs is 2. The van der Waals surface area contributed by atoms with Gasteiger partial charge >= 0.3 is 0 Å². The number of carbonyl (C=O) groups is 2. The van der Waals surface area contributed by atoms with Crippen LogP contribution in [0, 0.1) is 0 Å². The monoisotopic (exact) mass is 448 g/mol. The highest BCUT2D eigenvalue weighted by Gasteiger charge is 2.27. The molecule has 1 N–H and O–H groups in total. The lowest BCUT2D eigenvalue weighted by Crippen LogP contribution is -2.31. The lowest BCUT2D eigenvalue weighted by Gasteiger charge is -2.21. The zero-order valence-electron chi connectivity index (χ0n) is 18.2. The summed E-state index contributed by atoms with van der Waals surface area (Å²) in [6, 6.07) is 18.5. The van der Waals surface area contributed by atoms with E-state index in [1.807, 2.05) is 49.4 Å². The van der Waals surface area contributed by atoms with Gasteiger partial charge in [0.2, 0.25) is 0 Å². The standard InChI is InChI=1S/C25H24N2O4S/c1-4-27-20-13-16(10-12-23(20)32-22-8-6-5-7-19(22)25(27)29)24(28)26-15-17-9-11-18(30-2)14-21(17)31-3/h5-14H,4,15H2,1-3H3,(H,26,28). The summed E-state index contributed by atoms with van der Waals surface area (Å²) in [4.78, 5) is 29.6. The minimum absolute atomic E-state index is 0.0603. The van der Waals surface area contributed by atoms with Crippen LogP contribution in [0.25, 0.3) is 0 Å². The summed E-state index contributed by atoms with van der Waals surface area (Å²) in [7, 11) is 3.17. The molecule has 0 aromatic heterocycles. The maximum absolute atomic E-state index is 13.1. The third-order valence-corrected chi connectivity index (χ3v) is 6.49. The molecule has 1 aliphatic heterocycles. The molecule has 0 radical (unpaired) electrons. The molecule has 4 rings (SSSR count). The highest BCUT2D eigenvalue weighted by molar-refractivity contribution is 7.99. The van der Waals surface area contributed by atoms with Crippen molar-refractivity contribution in [3.8, 4) is 11.5 Å². The first-order chi connectivity index (χ1) is 15.5. The second kappa shape index (κ2) is 9.36. The zero-order chi connectivity index (χ0) is 22.7. The number of hydrogen-bond donors (Lipinski definition) is 1. The van der Waals surface area contributed by atoms with Crippen molar-refractivity contribution in [1.82, 2.24) is 5.32 Å². The molecule has 0 bridgehead atoms. The van der Waals surface area contributed by atoms with E-state index >= 15 is 0 Å². The average Bonchev–Trinajstić information content (AvgIpc) is 2.95. The summed E-state index contributed by atoms with van der Waals surface area (Å²) in [6.45, 7) is 2.75. The van der Waals surface area contributed by atoms with E-state index in [1.165, 1.54) is 0 Å². The number of methoxy groups -OCH3 is 2. The quantitative estimate of drug-likeness (QED) is 0.589. The number of nitrogens with one attached hydrogen (secondary N) is 1. The third-order valence-electron chi connectivity index (χ3n) is 5.34. The molecule has 0 atom stereocenters. The molecular weight excluding hydrogens is 424 g/mol. The summed E-state index contributed by atoms with van der Waals surface area (Å²) in [5.41, 5.74) is 2.75. The Morgan fingerprint density at radius 2 is 1.81 bits per heavy atom. The van der Waals surface area contributed by atoms with Gasteiger partial charge in [0.05, 0.1) is 25.5 Å². The molecule has 0 fully saturated rings. The Morgan fingerprint density at radius 1 is 1.00 bits per heavy atom. The van der Waals surface area contributed by atoms with Crippen LogP contribution in [0.4, 0.5) is 5.69 Å². The van der Waals surface area contributed by atoms with Crippen molar-refractivity contribution in [2.45, 2.75) is 23.3 Å². The zero-order valence-corrected chi connectivity index (χ0v) is 19.0. The Morgan fingerprint density at radius 3 is 2.56 bits per heavy atom. The number of nitrogens with zero attached hydrogens (tertiary/aromatic N) is 1. The molecule has 3 aromatic carbocycles. The highest BCUT2D eigenvalue weighted by Crippen LogP contribution is 2.41. The lowest BCUT2D eigenvalue weighted by molar-refractivity contribution is 0.0947. The van der Waals surface area contributed by atoms with Crippen LogP contribution in [0.15, 0.2) is 70.5 Å². The van der Waals surface area contributed by atoms with Crippen molar-refractivity contribution < 1.29 is 19.1 Å². The Hall–Kier alpha value is -3.45. The van der Waals surface area contributed by atoms with E-state index in [-0.39, 0.29) is 11.8 Å². The maximum Gasteiger partial charge on any atom is 0.259 e. The van der Waals surface area contributed by atoms with E-state index in [9.17, 15) is 9.59 Å². The van der Waals surface area contributed by atoms with Crippen LogP contribution in [0.1, 0.15) is 33.2 Å². The van der Waals surface area contributed by atoms with E-state index in [0.29, 0.717) is 35.7 Å². The van der Waals surface area contributed by atoms with E-state index in [4.69, 9.17) is 9.47 Å². The molecule has 1 heterocycles. The second-order valence-corrected chi connectivity index (χ2v) is 8.27. The maximum atomic E-state index is 13.1. The largest absolute Gasteiger partial charge is 0.497 e. The summed E-state index contributed by atoms with van der Waals surface area (Å²) >= 11 is 1.54. The fourth-order valence-corrected chi connectivity index (χ4v) is 4.71. The van der Waals surface area contributed by atoms with E-state index < -0.39 is 0 Å². The Balaban J connectivity index is 1.58. The minimum Gasteiger partial charge on any atom is -0.497 e.